The number of rotatable bonds is 5. The molecule has 0 radical (unpaired) electrons. The molecule has 0 unspecified atom stereocenters. The minimum Gasteiger partial charge on any atom is -0.452 e. The van der Waals surface area contributed by atoms with Gasteiger partial charge in [-0.3, -0.25) is 9.97 Å². The Kier molecular flexibility index (Phi) is 9.28. The third kappa shape index (κ3) is 6.56. The van der Waals surface area contributed by atoms with E-state index >= 15 is 0 Å². The number of thiophene rings is 1. The molecule has 0 aliphatic rings. The summed E-state index contributed by atoms with van der Waals surface area (Å²) in [6, 6.07) is 69.9. The van der Waals surface area contributed by atoms with Crippen LogP contribution >= 0.6 is 11.3 Å². The van der Waals surface area contributed by atoms with Gasteiger partial charge in [0.1, 0.15) is 23.1 Å². The summed E-state index contributed by atoms with van der Waals surface area (Å²) in [5, 5.41) is 5.90. The van der Waals surface area contributed by atoms with Gasteiger partial charge in [0.25, 0.3) is 0 Å². The molecular formula is C58H36N4OS. The standard InChI is InChI=1S/C34H20N2OS.C24H16N2/c1-3-16-29-28(13-1)32-33(37-29)31(35-20-36-32)24-11-6-9-22(19-24)21-8-5-10-23(18-21)25-14-7-15-27-26-12-2-4-17-30(26)38-34(25)27;1-3-7-17(8-4-1)19-13-15-25-23-21(19)11-12-22-20(14-16-26-24(22)23)18-9-5-2-6-10-18/h1-20H;1-16H. The first-order chi connectivity index (χ1) is 31.7. The summed E-state index contributed by atoms with van der Waals surface area (Å²) in [4.78, 5) is 18.5. The maximum absolute atomic E-state index is 6.20. The van der Waals surface area contributed by atoms with Crippen molar-refractivity contribution in [3.8, 4) is 55.8 Å². The minimum absolute atomic E-state index is 0.719. The van der Waals surface area contributed by atoms with Crippen molar-refractivity contribution in [2.75, 3.05) is 0 Å². The Morgan fingerprint density at radius 1 is 0.344 bits per heavy atom. The number of hydrogen-bond donors (Lipinski definition) is 0. The van der Waals surface area contributed by atoms with Crippen LogP contribution in [0.4, 0.5) is 0 Å². The Balaban J connectivity index is 0.000000145. The summed E-state index contributed by atoms with van der Waals surface area (Å²) >= 11 is 1.86. The van der Waals surface area contributed by atoms with Gasteiger partial charge in [0.2, 0.25) is 0 Å². The first kappa shape index (κ1) is 37.4. The molecule has 64 heavy (non-hydrogen) atoms. The number of aromatic nitrogens is 4. The molecular weight excluding hydrogens is 801 g/mol. The van der Waals surface area contributed by atoms with Gasteiger partial charge in [0.15, 0.2) is 5.58 Å². The summed E-state index contributed by atoms with van der Waals surface area (Å²) in [6.45, 7) is 0. The molecule has 5 heterocycles. The van der Waals surface area contributed by atoms with E-state index in [2.05, 4.69) is 184 Å². The molecule has 5 nitrogen and oxygen atoms in total. The number of benzene rings is 8. The Bertz CT molecular complexity index is 3610. The molecule has 5 aromatic heterocycles. The normalized spacial score (nSPS) is 11.4. The Morgan fingerprint density at radius 2 is 0.891 bits per heavy atom. The Labute approximate surface area is 372 Å². The lowest BCUT2D eigenvalue weighted by Crippen LogP contribution is -1.90. The minimum atomic E-state index is 0.719. The van der Waals surface area contributed by atoms with Crippen LogP contribution in [-0.2, 0) is 0 Å². The maximum atomic E-state index is 6.20. The number of nitrogens with zero attached hydrogens (tertiary/aromatic N) is 4. The van der Waals surface area contributed by atoms with Crippen molar-refractivity contribution in [1.29, 1.82) is 0 Å². The lowest BCUT2D eigenvalue weighted by Gasteiger charge is -2.11. The zero-order valence-corrected chi connectivity index (χ0v) is 35.2. The van der Waals surface area contributed by atoms with Crippen LogP contribution in [0.2, 0.25) is 0 Å². The molecule has 6 heteroatoms. The van der Waals surface area contributed by atoms with Crippen LogP contribution in [0.3, 0.4) is 0 Å². The van der Waals surface area contributed by atoms with Crippen LogP contribution < -0.4 is 0 Å². The fourth-order valence-corrected chi connectivity index (χ4v) is 10.2. The summed E-state index contributed by atoms with van der Waals surface area (Å²) in [7, 11) is 0. The van der Waals surface area contributed by atoms with E-state index in [9.17, 15) is 0 Å². The Hall–Kier alpha value is -8.32. The third-order valence-electron chi connectivity index (χ3n) is 12.0. The quantitative estimate of drug-likeness (QED) is 0.162. The highest BCUT2D eigenvalue weighted by atomic mass is 32.1. The molecule has 300 valence electrons. The van der Waals surface area contributed by atoms with Gasteiger partial charge in [-0.25, -0.2) is 9.97 Å². The number of hydrogen-bond acceptors (Lipinski definition) is 6. The lowest BCUT2D eigenvalue weighted by molar-refractivity contribution is 0.667. The van der Waals surface area contributed by atoms with E-state index in [0.29, 0.717) is 0 Å². The third-order valence-corrected chi connectivity index (χ3v) is 13.2. The van der Waals surface area contributed by atoms with E-state index in [1.54, 1.807) is 6.33 Å². The monoisotopic (exact) mass is 836 g/mol. The summed E-state index contributed by atoms with van der Waals surface area (Å²) in [6.07, 6.45) is 5.38. The maximum Gasteiger partial charge on any atom is 0.180 e. The highest BCUT2D eigenvalue weighted by Crippen LogP contribution is 2.41. The molecule has 0 N–H and O–H groups in total. The van der Waals surface area contributed by atoms with Gasteiger partial charge in [-0.15, -0.1) is 11.3 Å². The molecule has 13 rings (SSSR count). The molecule has 8 aromatic carbocycles. The molecule has 0 fully saturated rings. The molecule has 0 saturated heterocycles. The number of pyridine rings is 2. The number of fused-ring (bicyclic) bond motifs is 9. The second-order valence-corrected chi connectivity index (χ2v) is 16.8. The number of para-hydroxylation sites is 1. The average molecular weight is 837 g/mol. The van der Waals surface area contributed by atoms with Crippen LogP contribution in [0.5, 0.6) is 0 Å². The molecule has 0 bridgehead atoms. The predicted molar refractivity (Wildman–Crippen MR) is 266 cm³/mol. The van der Waals surface area contributed by atoms with Crippen LogP contribution in [-0.4, -0.2) is 19.9 Å². The van der Waals surface area contributed by atoms with Gasteiger partial charge in [0.05, 0.1) is 11.0 Å². The van der Waals surface area contributed by atoms with Crippen molar-refractivity contribution >= 4 is 75.4 Å². The van der Waals surface area contributed by atoms with Crippen LogP contribution in [0, 0.1) is 0 Å². The van der Waals surface area contributed by atoms with Crippen molar-refractivity contribution in [3.63, 3.8) is 0 Å². The van der Waals surface area contributed by atoms with Gasteiger partial charge >= 0.3 is 0 Å². The summed E-state index contributed by atoms with van der Waals surface area (Å²) in [5.41, 5.74) is 15.6. The molecule has 0 spiro atoms. The second kappa shape index (κ2) is 15.9. The molecule has 0 amide bonds. The second-order valence-electron chi connectivity index (χ2n) is 15.7. The summed E-state index contributed by atoms with van der Waals surface area (Å²) in [5.74, 6) is 0. The van der Waals surface area contributed by atoms with E-state index < -0.39 is 0 Å². The van der Waals surface area contributed by atoms with Crippen molar-refractivity contribution in [2.24, 2.45) is 0 Å². The van der Waals surface area contributed by atoms with Crippen LogP contribution in [0.1, 0.15) is 0 Å². The smallest absolute Gasteiger partial charge is 0.180 e. The van der Waals surface area contributed by atoms with Crippen LogP contribution in [0.25, 0.3) is 120 Å². The van der Waals surface area contributed by atoms with Gasteiger partial charge in [-0.1, -0.05) is 158 Å². The lowest BCUT2D eigenvalue weighted by atomic mass is 9.96. The van der Waals surface area contributed by atoms with E-state index in [4.69, 9.17) is 4.42 Å². The Morgan fingerprint density at radius 3 is 1.59 bits per heavy atom. The van der Waals surface area contributed by atoms with Gasteiger partial charge in [-0.05, 0) is 87.0 Å². The van der Waals surface area contributed by atoms with E-state index in [1.165, 1.54) is 53.6 Å². The van der Waals surface area contributed by atoms with E-state index in [1.807, 2.05) is 60.1 Å². The zero-order chi connectivity index (χ0) is 42.4. The molecule has 13 aromatic rings. The highest BCUT2D eigenvalue weighted by molar-refractivity contribution is 7.26. The highest BCUT2D eigenvalue weighted by Gasteiger charge is 2.16. The fourth-order valence-electron chi connectivity index (χ4n) is 8.98. The molecule has 0 atom stereocenters. The van der Waals surface area contributed by atoms with Crippen LogP contribution in [0.15, 0.2) is 223 Å². The average Bonchev–Trinajstić information content (AvgIpc) is 3.96. The first-order valence-electron chi connectivity index (χ1n) is 21.3. The largest absolute Gasteiger partial charge is 0.452 e. The number of furan rings is 1. The topological polar surface area (TPSA) is 64.7 Å². The van der Waals surface area contributed by atoms with E-state index in [0.717, 1.165) is 66.3 Å². The SMILES string of the molecule is c1cc(-c2cccc(-c3cccc4c3sc3ccccc34)c2)cc(-c2ncnc3c2oc2ccccc23)c1.c1ccc(-c2ccnc3c2ccc2c(-c4ccccc4)ccnc23)cc1. The zero-order valence-electron chi connectivity index (χ0n) is 34.4. The van der Waals surface area contributed by atoms with Gasteiger partial charge in [-0.2, -0.15) is 0 Å². The van der Waals surface area contributed by atoms with Crippen molar-refractivity contribution in [1.82, 2.24) is 19.9 Å². The molecule has 0 aliphatic carbocycles. The summed E-state index contributed by atoms with van der Waals surface area (Å²) < 4.78 is 8.85. The molecule has 0 aliphatic heterocycles. The molecule has 0 saturated carbocycles. The van der Waals surface area contributed by atoms with Gasteiger partial charge < -0.3 is 4.42 Å². The van der Waals surface area contributed by atoms with Crippen molar-refractivity contribution in [2.45, 2.75) is 0 Å². The first-order valence-corrected chi connectivity index (χ1v) is 22.1. The van der Waals surface area contributed by atoms with E-state index in [-0.39, 0.29) is 0 Å². The van der Waals surface area contributed by atoms with Gasteiger partial charge in [0, 0.05) is 54.3 Å². The predicted octanol–water partition coefficient (Wildman–Crippen LogP) is 15.9. The van der Waals surface area contributed by atoms with Crippen molar-refractivity contribution < 1.29 is 4.42 Å². The van der Waals surface area contributed by atoms with Crippen molar-refractivity contribution in [3.05, 3.63) is 219 Å². The fraction of sp³-hybridized carbons (Fsp3) is 0.